The molecule has 18 heavy (non-hydrogen) atoms. The van der Waals surface area contributed by atoms with Gasteiger partial charge in [0.15, 0.2) is 0 Å². The van der Waals surface area contributed by atoms with Gasteiger partial charge in [0.2, 0.25) is 0 Å². The molecule has 2 aromatic rings. The topological polar surface area (TPSA) is 0 Å². The summed E-state index contributed by atoms with van der Waals surface area (Å²) in [5, 5.41) is 0. The molecule has 0 aromatic heterocycles. The summed E-state index contributed by atoms with van der Waals surface area (Å²) < 4.78 is 51.9. The van der Waals surface area contributed by atoms with E-state index in [1.54, 1.807) is 34.7 Å². The zero-order valence-electron chi connectivity index (χ0n) is 8.93. The number of benzene rings is 2. The fraction of sp³-hybridized carbons (Fsp3) is 0.0769. The lowest BCUT2D eigenvalue weighted by Crippen LogP contribution is -2.04. The van der Waals surface area contributed by atoms with E-state index >= 15 is 0 Å². The predicted octanol–water partition coefficient (Wildman–Crippen LogP) is 5.12. The lowest BCUT2D eigenvalue weighted by atomic mass is 10.0. The highest BCUT2D eigenvalue weighted by Crippen LogP contribution is 2.33. The van der Waals surface area contributed by atoms with E-state index in [0.29, 0.717) is 3.57 Å². The summed E-state index contributed by atoms with van der Waals surface area (Å²) in [4.78, 5) is 0. The SMILES string of the molecule is Fc1c(I)cccc1-c1cccc(C(F)(F)F)c1. The first kappa shape index (κ1) is 13.3. The molecule has 94 valence electrons. The molecule has 0 bridgehead atoms. The van der Waals surface area contributed by atoms with Crippen LogP contribution in [-0.2, 0) is 6.18 Å². The summed E-state index contributed by atoms with van der Waals surface area (Å²) in [5.74, 6) is -0.502. The quantitative estimate of drug-likeness (QED) is 0.486. The Kier molecular flexibility index (Phi) is 3.61. The van der Waals surface area contributed by atoms with Crippen molar-refractivity contribution in [2.45, 2.75) is 6.18 Å². The molecule has 0 nitrogen and oxygen atoms in total. The molecule has 2 aromatic carbocycles. The number of halogens is 5. The van der Waals surface area contributed by atoms with Gasteiger partial charge in [-0.15, -0.1) is 0 Å². The van der Waals surface area contributed by atoms with Crippen molar-refractivity contribution in [1.29, 1.82) is 0 Å². The molecule has 0 aliphatic heterocycles. The van der Waals surface area contributed by atoms with Crippen LogP contribution in [0.2, 0.25) is 0 Å². The van der Waals surface area contributed by atoms with Crippen molar-refractivity contribution in [1.82, 2.24) is 0 Å². The van der Waals surface area contributed by atoms with Crippen LogP contribution in [0.15, 0.2) is 42.5 Å². The van der Waals surface area contributed by atoms with Crippen LogP contribution in [-0.4, -0.2) is 0 Å². The van der Waals surface area contributed by atoms with Crippen LogP contribution in [0.4, 0.5) is 17.6 Å². The lowest BCUT2D eigenvalue weighted by Gasteiger charge is -2.10. The van der Waals surface area contributed by atoms with Gasteiger partial charge in [0.05, 0.1) is 5.56 Å². The molecule has 0 fully saturated rings. The number of rotatable bonds is 1. The second-order valence-corrected chi connectivity index (χ2v) is 4.84. The first-order chi connectivity index (χ1) is 8.39. The fourth-order valence-electron chi connectivity index (χ4n) is 1.59. The van der Waals surface area contributed by atoms with Gasteiger partial charge in [0.1, 0.15) is 5.82 Å². The summed E-state index contributed by atoms with van der Waals surface area (Å²) in [5.41, 5.74) is -0.382. The standard InChI is InChI=1S/C13H7F4I/c14-12-10(5-2-6-11(12)18)8-3-1-4-9(7-8)13(15,16)17/h1-7H. The number of hydrogen-bond donors (Lipinski definition) is 0. The van der Waals surface area contributed by atoms with Gasteiger partial charge < -0.3 is 0 Å². The molecule has 0 saturated heterocycles. The molecule has 0 spiro atoms. The maximum Gasteiger partial charge on any atom is 0.416 e. The Hall–Kier alpha value is -1.11. The molecular weight excluding hydrogens is 359 g/mol. The number of hydrogen-bond acceptors (Lipinski definition) is 0. The summed E-state index contributed by atoms with van der Waals surface area (Å²) in [6.45, 7) is 0. The zero-order chi connectivity index (χ0) is 13.3. The van der Waals surface area contributed by atoms with Crippen LogP contribution >= 0.6 is 22.6 Å². The Morgan fingerprint density at radius 2 is 1.61 bits per heavy atom. The van der Waals surface area contributed by atoms with Crippen molar-refractivity contribution in [3.05, 3.63) is 57.4 Å². The maximum atomic E-state index is 13.8. The third kappa shape index (κ3) is 2.66. The largest absolute Gasteiger partial charge is 0.416 e. The molecule has 0 amide bonds. The van der Waals surface area contributed by atoms with Crippen LogP contribution in [0.5, 0.6) is 0 Å². The maximum absolute atomic E-state index is 13.8. The highest BCUT2D eigenvalue weighted by atomic mass is 127. The minimum absolute atomic E-state index is 0.174. The highest BCUT2D eigenvalue weighted by Gasteiger charge is 2.30. The molecule has 2 rings (SSSR count). The lowest BCUT2D eigenvalue weighted by molar-refractivity contribution is -0.137. The minimum Gasteiger partial charge on any atom is -0.205 e. The van der Waals surface area contributed by atoms with E-state index in [1.807, 2.05) is 0 Å². The normalized spacial score (nSPS) is 11.6. The monoisotopic (exact) mass is 366 g/mol. The van der Waals surface area contributed by atoms with Crippen LogP contribution in [0.1, 0.15) is 5.56 Å². The molecule has 0 aliphatic rings. The average molecular weight is 366 g/mol. The minimum atomic E-state index is -4.42. The summed E-state index contributed by atoms with van der Waals surface area (Å²) >= 11 is 1.80. The van der Waals surface area contributed by atoms with Gasteiger partial charge in [-0.1, -0.05) is 24.3 Å². The van der Waals surface area contributed by atoms with Gasteiger partial charge in [-0.3, -0.25) is 0 Å². The van der Waals surface area contributed by atoms with Gasteiger partial charge in [-0.05, 0) is 46.4 Å². The molecule has 0 N–H and O–H groups in total. The Morgan fingerprint density at radius 1 is 0.944 bits per heavy atom. The smallest absolute Gasteiger partial charge is 0.205 e. The average Bonchev–Trinajstić information content (AvgIpc) is 2.32. The third-order valence-corrected chi connectivity index (χ3v) is 3.29. The van der Waals surface area contributed by atoms with Crippen LogP contribution < -0.4 is 0 Å². The zero-order valence-corrected chi connectivity index (χ0v) is 11.1. The van der Waals surface area contributed by atoms with Crippen LogP contribution in [0, 0.1) is 9.39 Å². The summed E-state index contributed by atoms with van der Waals surface area (Å²) in [6, 6.07) is 9.30. The van der Waals surface area contributed by atoms with Crippen LogP contribution in [0.25, 0.3) is 11.1 Å². The van der Waals surface area contributed by atoms with Crippen molar-refractivity contribution >= 4 is 22.6 Å². The molecule has 5 heteroatoms. The first-order valence-electron chi connectivity index (χ1n) is 5.01. The Morgan fingerprint density at radius 3 is 2.28 bits per heavy atom. The van der Waals surface area contributed by atoms with Crippen molar-refractivity contribution in [2.24, 2.45) is 0 Å². The Bertz CT molecular complexity index is 575. The van der Waals surface area contributed by atoms with E-state index in [0.717, 1.165) is 12.1 Å². The Labute approximate surface area is 115 Å². The Balaban J connectivity index is 2.55. The summed E-state index contributed by atoms with van der Waals surface area (Å²) in [6.07, 6.45) is -4.42. The van der Waals surface area contributed by atoms with E-state index < -0.39 is 17.6 Å². The van der Waals surface area contributed by atoms with Gasteiger partial charge in [-0.2, -0.15) is 13.2 Å². The van der Waals surface area contributed by atoms with Crippen molar-refractivity contribution in [3.63, 3.8) is 0 Å². The van der Waals surface area contributed by atoms with E-state index in [2.05, 4.69) is 0 Å². The molecular formula is C13H7F4I. The number of alkyl halides is 3. The van der Waals surface area contributed by atoms with Crippen LogP contribution in [0.3, 0.4) is 0 Å². The highest BCUT2D eigenvalue weighted by molar-refractivity contribution is 14.1. The molecule has 0 aliphatic carbocycles. The second kappa shape index (κ2) is 4.87. The second-order valence-electron chi connectivity index (χ2n) is 3.68. The van der Waals surface area contributed by atoms with E-state index in [1.165, 1.54) is 18.2 Å². The van der Waals surface area contributed by atoms with E-state index in [4.69, 9.17) is 0 Å². The molecule has 0 saturated carbocycles. The predicted molar refractivity (Wildman–Crippen MR) is 69.6 cm³/mol. The molecule has 0 radical (unpaired) electrons. The first-order valence-corrected chi connectivity index (χ1v) is 6.09. The van der Waals surface area contributed by atoms with Crippen molar-refractivity contribution < 1.29 is 17.6 Å². The third-order valence-electron chi connectivity index (χ3n) is 2.45. The van der Waals surface area contributed by atoms with Gasteiger partial charge in [0.25, 0.3) is 0 Å². The van der Waals surface area contributed by atoms with Crippen molar-refractivity contribution in [2.75, 3.05) is 0 Å². The molecule has 0 heterocycles. The van der Waals surface area contributed by atoms with Gasteiger partial charge in [-0.25, -0.2) is 4.39 Å². The van der Waals surface area contributed by atoms with E-state index in [-0.39, 0.29) is 11.1 Å². The van der Waals surface area contributed by atoms with Gasteiger partial charge in [0, 0.05) is 9.13 Å². The molecule has 0 atom stereocenters. The van der Waals surface area contributed by atoms with Gasteiger partial charge >= 0.3 is 6.18 Å². The van der Waals surface area contributed by atoms with E-state index in [9.17, 15) is 17.6 Å². The summed E-state index contributed by atoms with van der Waals surface area (Å²) in [7, 11) is 0. The molecule has 0 unspecified atom stereocenters. The fourth-order valence-corrected chi connectivity index (χ4v) is 2.09. The van der Waals surface area contributed by atoms with Crippen molar-refractivity contribution in [3.8, 4) is 11.1 Å².